The molecule has 0 rings (SSSR count). The van der Waals surface area contributed by atoms with Gasteiger partial charge in [0.25, 0.3) is 0 Å². The second-order valence-electron chi connectivity index (χ2n) is 26.6. The summed E-state index contributed by atoms with van der Waals surface area (Å²) in [5.41, 5.74) is 0. The first-order valence-electron chi connectivity index (χ1n) is 39.5. The van der Waals surface area contributed by atoms with Crippen molar-refractivity contribution in [1.29, 1.82) is 0 Å². The van der Waals surface area contributed by atoms with Crippen LogP contribution in [0.4, 0.5) is 0 Å². The summed E-state index contributed by atoms with van der Waals surface area (Å²) >= 11 is 0. The number of phosphoric acid groups is 2. The molecule has 98 heavy (non-hydrogen) atoms. The molecule has 3 N–H and O–H groups in total. The van der Waals surface area contributed by atoms with E-state index in [1.54, 1.807) is 0 Å². The van der Waals surface area contributed by atoms with E-state index in [-0.39, 0.29) is 25.7 Å². The SMILES string of the molecule is CCCCC/C=C\C/C=C\CCCCCCCC(=O)OC[C@H](COP(=O)(O)OC[C@@H](O)COP(=O)(O)OC[C@@H](COC(=O)CCCCCCC/C=C\CCCCCCCC)OC(=O)CCCCCCC/C=C\CCCCCCCC)OC(=O)CCCCCCC/C=C\CCCCCC. The number of aliphatic hydroxyl groups excluding tert-OH is 1. The van der Waals surface area contributed by atoms with Crippen molar-refractivity contribution in [3.63, 3.8) is 0 Å². The molecule has 0 heterocycles. The molecule has 0 amide bonds. The van der Waals surface area contributed by atoms with Gasteiger partial charge in [-0.05, 0) is 135 Å². The van der Waals surface area contributed by atoms with Crippen LogP contribution in [-0.4, -0.2) is 96.7 Å². The Bertz CT molecular complexity index is 2100. The molecule has 17 nitrogen and oxygen atoms in total. The van der Waals surface area contributed by atoms with E-state index in [4.69, 9.17) is 37.0 Å². The zero-order valence-corrected chi connectivity index (χ0v) is 64.3. The molecule has 0 saturated carbocycles. The maximum Gasteiger partial charge on any atom is 0.472 e. The summed E-state index contributed by atoms with van der Waals surface area (Å²) in [4.78, 5) is 72.9. The molecule has 0 aliphatic carbocycles. The van der Waals surface area contributed by atoms with E-state index in [0.717, 1.165) is 161 Å². The Hall–Kier alpha value is -3.24. The Morgan fingerprint density at radius 1 is 0.286 bits per heavy atom. The molecule has 19 heteroatoms. The quantitative estimate of drug-likeness (QED) is 0.0169. The number of rotatable bonds is 75. The Kier molecular flexibility index (Phi) is 69.7. The fraction of sp³-hybridized carbons (Fsp3) is 0.823. The average Bonchev–Trinajstić information content (AvgIpc) is 0.959. The lowest BCUT2D eigenvalue weighted by atomic mass is 10.1. The lowest BCUT2D eigenvalue weighted by Crippen LogP contribution is -2.30. The van der Waals surface area contributed by atoms with E-state index in [9.17, 15) is 43.2 Å². The summed E-state index contributed by atoms with van der Waals surface area (Å²) in [6, 6.07) is 0. The third-order valence-electron chi connectivity index (χ3n) is 16.9. The molecule has 0 spiro atoms. The van der Waals surface area contributed by atoms with E-state index >= 15 is 0 Å². The molecule has 5 atom stereocenters. The van der Waals surface area contributed by atoms with E-state index in [1.165, 1.54) is 122 Å². The summed E-state index contributed by atoms with van der Waals surface area (Å²) in [6.07, 6.45) is 70.5. The molecular weight excluding hydrogens is 1280 g/mol. The Balaban J connectivity index is 5.35. The highest BCUT2D eigenvalue weighted by molar-refractivity contribution is 7.47. The average molecular weight is 1430 g/mol. The topological polar surface area (TPSA) is 237 Å². The third-order valence-corrected chi connectivity index (χ3v) is 18.8. The van der Waals surface area contributed by atoms with Crippen LogP contribution in [-0.2, 0) is 65.4 Å². The van der Waals surface area contributed by atoms with Gasteiger partial charge in [0.05, 0.1) is 26.4 Å². The maximum absolute atomic E-state index is 13.1. The monoisotopic (exact) mass is 1430 g/mol. The largest absolute Gasteiger partial charge is 0.472 e. The van der Waals surface area contributed by atoms with Crippen LogP contribution in [0.2, 0.25) is 0 Å². The maximum atomic E-state index is 13.1. The minimum absolute atomic E-state index is 0.0850. The lowest BCUT2D eigenvalue weighted by Gasteiger charge is -2.21. The van der Waals surface area contributed by atoms with Crippen molar-refractivity contribution in [2.24, 2.45) is 0 Å². The second-order valence-corrected chi connectivity index (χ2v) is 29.5. The zero-order valence-electron chi connectivity index (χ0n) is 62.5. The number of carbonyl (C=O) groups excluding carboxylic acids is 4. The number of allylic oxidation sites excluding steroid dienone is 10. The summed E-state index contributed by atoms with van der Waals surface area (Å²) in [6.45, 7) is 4.84. The molecule has 0 fully saturated rings. The number of aliphatic hydroxyl groups is 1. The fourth-order valence-electron chi connectivity index (χ4n) is 10.8. The highest BCUT2D eigenvalue weighted by Crippen LogP contribution is 2.45. The fourth-order valence-corrected chi connectivity index (χ4v) is 12.4. The van der Waals surface area contributed by atoms with Gasteiger partial charge in [0.2, 0.25) is 0 Å². The number of esters is 4. The zero-order chi connectivity index (χ0) is 71.8. The van der Waals surface area contributed by atoms with Crippen molar-refractivity contribution >= 4 is 39.5 Å². The van der Waals surface area contributed by atoms with Gasteiger partial charge < -0.3 is 33.8 Å². The molecule has 572 valence electrons. The number of carbonyl (C=O) groups is 4. The summed E-state index contributed by atoms with van der Waals surface area (Å²) in [7, 11) is -9.95. The standard InChI is InChI=1S/C79H144O17P2/c1-5-9-13-17-21-25-29-33-36-40-43-47-51-55-59-63-76(81)89-69-74(95-78(83)65-61-57-53-49-45-39-32-28-24-20-16-12-8-4)71-93-97(85,86)91-67-73(80)68-92-98(87,88)94-72-75(96-79(84)66-62-58-54-50-46-42-38-35-31-27-23-19-15-11-7-3)70-90-77(82)64-60-56-52-48-44-41-37-34-30-26-22-18-14-10-6-2/h21,25,28,32-38,73-75,80H,5-20,22-24,26-27,29-31,39-72H2,1-4H3,(H,85,86)(H,87,88)/b25-21-,32-28-,36-33-,37-34-,38-35-/t73-,74-,75-/m1/s1. The number of hydrogen-bond acceptors (Lipinski definition) is 15. The van der Waals surface area contributed by atoms with Gasteiger partial charge in [0.15, 0.2) is 12.2 Å². The molecule has 0 aliphatic rings. The predicted molar refractivity (Wildman–Crippen MR) is 400 cm³/mol. The van der Waals surface area contributed by atoms with Gasteiger partial charge in [-0.3, -0.25) is 37.3 Å². The van der Waals surface area contributed by atoms with Crippen molar-refractivity contribution in [1.82, 2.24) is 0 Å². The van der Waals surface area contributed by atoms with Crippen LogP contribution in [0.25, 0.3) is 0 Å². The van der Waals surface area contributed by atoms with Crippen LogP contribution in [0, 0.1) is 0 Å². The molecule has 0 bridgehead atoms. The smallest absolute Gasteiger partial charge is 0.462 e. The molecule has 0 aromatic carbocycles. The van der Waals surface area contributed by atoms with Crippen molar-refractivity contribution in [3.8, 4) is 0 Å². The van der Waals surface area contributed by atoms with E-state index < -0.39 is 97.5 Å². The normalized spacial score (nSPS) is 14.2. The number of phosphoric ester groups is 2. The van der Waals surface area contributed by atoms with Crippen molar-refractivity contribution in [3.05, 3.63) is 60.8 Å². The van der Waals surface area contributed by atoms with Crippen LogP contribution < -0.4 is 0 Å². The lowest BCUT2D eigenvalue weighted by molar-refractivity contribution is -0.161. The van der Waals surface area contributed by atoms with Gasteiger partial charge in [-0.15, -0.1) is 0 Å². The van der Waals surface area contributed by atoms with Crippen LogP contribution in [0.5, 0.6) is 0 Å². The molecule has 0 aromatic heterocycles. The molecular formula is C79H144O17P2. The minimum atomic E-state index is -4.97. The Labute approximate surface area is 597 Å². The van der Waals surface area contributed by atoms with Gasteiger partial charge >= 0.3 is 39.5 Å². The van der Waals surface area contributed by atoms with Crippen LogP contribution in [0.15, 0.2) is 60.8 Å². The van der Waals surface area contributed by atoms with Gasteiger partial charge in [0, 0.05) is 25.7 Å². The molecule has 0 aliphatic heterocycles. The second kappa shape index (κ2) is 72.1. The van der Waals surface area contributed by atoms with E-state index in [2.05, 4.69) is 88.5 Å². The summed E-state index contributed by atoms with van der Waals surface area (Å²) in [5.74, 6) is -2.19. The van der Waals surface area contributed by atoms with Crippen LogP contribution >= 0.6 is 15.6 Å². The van der Waals surface area contributed by atoms with Crippen molar-refractivity contribution < 1.29 is 80.2 Å². The first kappa shape index (κ1) is 94.8. The van der Waals surface area contributed by atoms with Gasteiger partial charge in [-0.25, -0.2) is 9.13 Å². The predicted octanol–water partition coefficient (Wildman–Crippen LogP) is 22.7. The van der Waals surface area contributed by atoms with E-state index in [1.807, 2.05) is 0 Å². The molecule has 0 aromatic rings. The highest BCUT2D eigenvalue weighted by Gasteiger charge is 2.30. The Morgan fingerprint density at radius 2 is 0.500 bits per heavy atom. The number of ether oxygens (including phenoxy) is 4. The molecule has 2 unspecified atom stereocenters. The highest BCUT2D eigenvalue weighted by atomic mass is 31.2. The Morgan fingerprint density at radius 3 is 0.796 bits per heavy atom. The van der Waals surface area contributed by atoms with Crippen LogP contribution in [0.1, 0.15) is 362 Å². The van der Waals surface area contributed by atoms with Gasteiger partial charge in [0.1, 0.15) is 19.3 Å². The van der Waals surface area contributed by atoms with Crippen LogP contribution in [0.3, 0.4) is 0 Å². The van der Waals surface area contributed by atoms with E-state index in [0.29, 0.717) is 25.7 Å². The first-order valence-corrected chi connectivity index (χ1v) is 42.5. The summed E-state index contributed by atoms with van der Waals surface area (Å²) < 4.78 is 68.5. The molecule has 0 radical (unpaired) electrons. The van der Waals surface area contributed by atoms with Crippen molar-refractivity contribution in [2.75, 3.05) is 39.6 Å². The summed E-state index contributed by atoms with van der Waals surface area (Å²) in [5, 5.41) is 10.6. The van der Waals surface area contributed by atoms with Gasteiger partial charge in [-0.2, -0.15) is 0 Å². The number of unbranched alkanes of at least 4 members (excludes halogenated alkanes) is 39. The van der Waals surface area contributed by atoms with Gasteiger partial charge in [-0.1, -0.05) is 262 Å². The van der Waals surface area contributed by atoms with Crippen molar-refractivity contribution in [2.45, 2.75) is 380 Å². The molecule has 0 saturated heterocycles. The third kappa shape index (κ3) is 71.2. The minimum Gasteiger partial charge on any atom is -0.462 e. The number of hydrogen-bond donors (Lipinski definition) is 3. The first-order chi connectivity index (χ1) is 47.7.